The van der Waals surface area contributed by atoms with Gasteiger partial charge in [0.25, 0.3) is 5.91 Å². The largest absolute Gasteiger partial charge is 0.493 e. The van der Waals surface area contributed by atoms with Gasteiger partial charge in [-0.05, 0) is 43.7 Å². The van der Waals surface area contributed by atoms with Crippen molar-refractivity contribution in [2.24, 2.45) is 0 Å². The molecule has 7 heteroatoms. The highest BCUT2D eigenvalue weighted by Gasteiger charge is 2.22. The van der Waals surface area contributed by atoms with E-state index in [0.29, 0.717) is 36.8 Å². The van der Waals surface area contributed by atoms with Crippen molar-refractivity contribution in [2.75, 3.05) is 44.8 Å². The summed E-state index contributed by atoms with van der Waals surface area (Å²) in [5.41, 5.74) is 2.60. The first-order valence-corrected chi connectivity index (χ1v) is 9.99. The van der Waals surface area contributed by atoms with Crippen molar-refractivity contribution in [3.05, 3.63) is 48.0 Å². The molecule has 4 rings (SSSR count). The van der Waals surface area contributed by atoms with E-state index in [1.165, 1.54) is 0 Å². The molecule has 2 heterocycles. The third kappa shape index (κ3) is 3.99. The fraction of sp³-hybridized carbons (Fsp3) is 0.364. The second-order valence-electron chi connectivity index (χ2n) is 7.01. The van der Waals surface area contributed by atoms with Crippen LogP contribution in [0.15, 0.2) is 42.5 Å². The molecule has 2 aromatic carbocycles. The van der Waals surface area contributed by atoms with Crippen molar-refractivity contribution in [3.8, 4) is 11.5 Å². The number of H-pyrrole nitrogens is 1. The number of nitrogens with one attached hydrogen (secondary N) is 1. The van der Waals surface area contributed by atoms with Gasteiger partial charge in [-0.2, -0.15) is 0 Å². The Labute approximate surface area is 170 Å². The molecule has 29 heavy (non-hydrogen) atoms. The zero-order chi connectivity index (χ0) is 20.2. The van der Waals surface area contributed by atoms with Crippen LogP contribution in [0.5, 0.6) is 11.5 Å². The van der Waals surface area contributed by atoms with E-state index in [-0.39, 0.29) is 5.91 Å². The summed E-state index contributed by atoms with van der Waals surface area (Å²) < 4.78 is 10.9. The van der Waals surface area contributed by atoms with Crippen LogP contribution in [0.2, 0.25) is 0 Å². The molecule has 7 nitrogen and oxygen atoms in total. The second-order valence-corrected chi connectivity index (χ2v) is 7.01. The Kier molecular flexibility index (Phi) is 5.55. The van der Waals surface area contributed by atoms with Gasteiger partial charge in [0, 0.05) is 31.7 Å². The van der Waals surface area contributed by atoms with Crippen molar-refractivity contribution in [1.29, 1.82) is 0 Å². The number of ether oxygens (including phenoxy) is 2. The predicted octanol–water partition coefficient (Wildman–Crippen LogP) is 3.32. The van der Waals surface area contributed by atoms with Gasteiger partial charge in [-0.25, -0.2) is 4.98 Å². The number of fused-ring (bicyclic) bond motifs is 1. The molecule has 1 aliphatic rings. The van der Waals surface area contributed by atoms with E-state index in [1.807, 2.05) is 36.1 Å². The number of amides is 1. The Morgan fingerprint density at radius 3 is 2.76 bits per heavy atom. The molecule has 0 spiro atoms. The lowest BCUT2D eigenvalue weighted by molar-refractivity contribution is 0.0766. The van der Waals surface area contributed by atoms with Crippen LogP contribution in [-0.4, -0.2) is 60.7 Å². The Morgan fingerprint density at radius 1 is 1.10 bits per heavy atom. The molecule has 1 N–H and O–H groups in total. The van der Waals surface area contributed by atoms with E-state index in [1.54, 1.807) is 25.3 Å². The Bertz CT molecular complexity index is 968. The number of aromatic nitrogens is 2. The van der Waals surface area contributed by atoms with Crippen LogP contribution in [-0.2, 0) is 0 Å². The van der Waals surface area contributed by atoms with Gasteiger partial charge in [0.15, 0.2) is 11.5 Å². The average Bonchev–Trinajstić information content (AvgIpc) is 3.03. The van der Waals surface area contributed by atoms with Gasteiger partial charge in [-0.1, -0.05) is 12.1 Å². The highest BCUT2D eigenvalue weighted by Crippen LogP contribution is 2.29. The molecule has 152 valence electrons. The minimum atomic E-state index is 0.0119. The number of rotatable bonds is 5. The third-order valence-electron chi connectivity index (χ3n) is 5.17. The molecule has 0 aliphatic carbocycles. The summed E-state index contributed by atoms with van der Waals surface area (Å²) in [6, 6.07) is 13.4. The van der Waals surface area contributed by atoms with Crippen LogP contribution in [0.3, 0.4) is 0 Å². The molecule has 1 fully saturated rings. The number of methoxy groups -OCH3 is 1. The fourth-order valence-electron chi connectivity index (χ4n) is 3.68. The van der Waals surface area contributed by atoms with Crippen LogP contribution in [0.4, 0.5) is 5.95 Å². The number of imidazole rings is 1. The summed E-state index contributed by atoms with van der Waals surface area (Å²) in [5.74, 6) is 2.11. The average molecular weight is 394 g/mol. The Balaban J connectivity index is 1.47. The molecule has 3 aromatic rings. The molecule has 0 unspecified atom stereocenters. The molecule has 0 saturated carbocycles. The highest BCUT2D eigenvalue weighted by molar-refractivity contribution is 5.95. The first-order valence-electron chi connectivity index (χ1n) is 9.99. The van der Waals surface area contributed by atoms with Gasteiger partial charge in [-0.3, -0.25) is 4.79 Å². The van der Waals surface area contributed by atoms with E-state index in [2.05, 4.69) is 9.88 Å². The van der Waals surface area contributed by atoms with Crippen molar-refractivity contribution in [1.82, 2.24) is 14.9 Å². The predicted molar refractivity (Wildman–Crippen MR) is 113 cm³/mol. The van der Waals surface area contributed by atoms with Gasteiger partial charge in [-0.15, -0.1) is 0 Å². The van der Waals surface area contributed by atoms with Crippen molar-refractivity contribution < 1.29 is 14.3 Å². The van der Waals surface area contributed by atoms with E-state index in [9.17, 15) is 4.79 Å². The summed E-state index contributed by atoms with van der Waals surface area (Å²) >= 11 is 0. The number of hydrogen-bond donors (Lipinski definition) is 1. The maximum atomic E-state index is 13.1. The van der Waals surface area contributed by atoms with Crippen LogP contribution in [0, 0.1) is 0 Å². The fourth-order valence-corrected chi connectivity index (χ4v) is 3.68. The lowest BCUT2D eigenvalue weighted by Gasteiger charge is -2.22. The molecular weight excluding hydrogens is 368 g/mol. The summed E-state index contributed by atoms with van der Waals surface area (Å²) in [6.45, 7) is 5.42. The Morgan fingerprint density at radius 2 is 1.97 bits per heavy atom. The summed E-state index contributed by atoms with van der Waals surface area (Å²) in [4.78, 5) is 25.3. The molecular formula is C22H26N4O3. The molecule has 1 saturated heterocycles. The van der Waals surface area contributed by atoms with Gasteiger partial charge in [0.2, 0.25) is 5.95 Å². The van der Waals surface area contributed by atoms with Crippen LogP contribution in [0.1, 0.15) is 23.7 Å². The smallest absolute Gasteiger partial charge is 0.254 e. The standard InChI is InChI=1S/C22H26N4O3/c1-3-29-19-10-9-16(15-20(19)28-2)21(27)25-11-6-12-26(14-13-25)22-23-17-7-4-5-8-18(17)24-22/h4-5,7-10,15H,3,6,11-14H2,1-2H3,(H,23,24). The quantitative estimate of drug-likeness (QED) is 0.719. The summed E-state index contributed by atoms with van der Waals surface area (Å²) in [6.07, 6.45) is 0.886. The number of nitrogens with zero attached hydrogens (tertiary/aromatic N) is 3. The topological polar surface area (TPSA) is 70.7 Å². The molecule has 1 aromatic heterocycles. The number of benzene rings is 2. The first-order chi connectivity index (χ1) is 14.2. The molecule has 1 aliphatic heterocycles. The van der Waals surface area contributed by atoms with Gasteiger partial charge in [0.05, 0.1) is 24.8 Å². The van der Waals surface area contributed by atoms with E-state index >= 15 is 0 Å². The zero-order valence-corrected chi connectivity index (χ0v) is 16.9. The third-order valence-corrected chi connectivity index (χ3v) is 5.17. The number of carbonyl (C=O) groups excluding carboxylic acids is 1. The summed E-state index contributed by atoms with van der Waals surface area (Å²) in [7, 11) is 1.59. The van der Waals surface area contributed by atoms with Crippen LogP contribution < -0.4 is 14.4 Å². The van der Waals surface area contributed by atoms with Crippen LogP contribution in [0.25, 0.3) is 11.0 Å². The van der Waals surface area contributed by atoms with E-state index < -0.39 is 0 Å². The van der Waals surface area contributed by atoms with Crippen molar-refractivity contribution in [3.63, 3.8) is 0 Å². The van der Waals surface area contributed by atoms with Gasteiger partial charge < -0.3 is 24.3 Å². The van der Waals surface area contributed by atoms with E-state index in [4.69, 9.17) is 14.5 Å². The normalized spacial score (nSPS) is 14.7. The van der Waals surface area contributed by atoms with Crippen molar-refractivity contribution in [2.45, 2.75) is 13.3 Å². The monoisotopic (exact) mass is 394 g/mol. The number of para-hydroxylation sites is 2. The molecule has 1 amide bonds. The minimum Gasteiger partial charge on any atom is -0.493 e. The van der Waals surface area contributed by atoms with Gasteiger partial charge >= 0.3 is 0 Å². The number of aromatic amines is 1. The molecule has 0 atom stereocenters. The zero-order valence-electron chi connectivity index (χ0n) is 16.9. The maximum Gasteiger partial charge on any atom is 0.254 e. The lowest BCUT2D eigenvalue weighted by atomic mass is 10.1. The number of anilines is 1. The Hall–Kier alpha value is -3.22. The SMILES string of the molecule is CCOc1ccc(C(=O)N2CCCN(c3nc4ccccc4[nH]3)CC2)cc1OC. The first kappa shape index (κ1) is 19.1. The number of hydrogen-bond acceptors (Lipinski definition) is 5. The minimum absolute atomic E-state index is 0.0119. The van der Waals surface area contributed by atoms with Gasteiger partial charge in [0.1, 0.15) is 0 Å². The number of carbonyl (C=O) groups is 1. The highest BCUT2D eigenvalue weighted by atomic mass is 16.5. The molecule has 0 bridgehead atoms. The van der Waals surface area contributed by atoms with Crippen molar-refractivity contribution >= 4 is 22.9 Å². The van der Waals surface area contributed by atoms with E-state index in [0.717, 1.165) is 36.5 Å². The maximum absolute atomic E-state index is 13.1. The molecule has 0 radical (unpaired) electrons. The lowest BCUT2D eigenvalue weighted by Crippen LogP contribution is -2.35. The second kappa shape index (κ2) is 8.43. The summed E-state index contributed by atoms with van der Waals surface area (Å²) in [5, 5.41) is 0. The van der Waals surface area contributed by atoms with Crippen LogP contribution >= 0.6 is 0 Å².